The van der Waals surface area contributed by atoms with Gasteiger partial charge in [0.25, 0.3) is 5.91 Å². The van der Waals surface area contributed by atoms with Gasteiger partial charge in [0.05, 0.1) is 18.8 Å². The number of carbonyl (C=O) groups excluding carboxylic acids is 1. The highest BCUT2D eigenvalue weighted by Gasteiger charge is 2.36. The number of rotatable bonds is 5. The number of nitrogens with zero attached hydrogens (tertiary/aromatic N) is 3. The first-order valence-corrected chi connectivity index (χ1v) is 8.25. The number of ether oxygens (including phenoxy) is 1. The average Bonchev–Trinajstić information content (AvgIpc) is 3.10. The molecule has 0 bridgehead atoms. The first kappa shape index (κ1) is 15.3. The molecule has 1 aliphatic heterocycles. The van der Waals surface area contributed by atoms with Crippen LogP contribution in [0.2, 0.25) is 0 Å². The molecule has 2 atom stereocenters. The fourth-order valence-corrected chi connectivity index (χ4v) is 3.53. The molecule has 3 rings (SSSR count). The Kier molecular flexibility index (Phi) is 4.62. The lowest BCUT2D eigenvalue weighted by atomic mass is 9.86. The van der Waals surface area contributed by atoms with Gasteiger partial charge in [-0.2, -0.15) is 5.10 Å². The molecule has 2 heterocycles. The van der Waals surface area contributed by atoms with Crippen LogP contribution in [-0.2, 0) is 11.3 Å². The topological polar surface area (TPSA) is 47.4 Å². The minimum Gasteiger partial charge on any atom is -0.380 e. The van der Waals surface area contributed by atoms with Crippen LogP contribution < -0.4 is 0 Å². The highest BCUT2D eigenvalue weighted by atomic mass is 16.5. The molecule has 120 valence electrons. The molecular formula is C17H25N3O2. The molecule has 1 aliphatic carbocycles. The van der Waals surface area contributed by atoms with E-state index in [4.69, 9.17) is 4.74 Å². The van der Waals surface area contributed by atoms with Gasteiger partial charge in [0.1, 0.15) is 5.69 Å². The van der Waals surface area contributed by atoms with Crippen molar-refractivity contribution in [3.8, 4) is 0 Å². The van der Waals surface area contributed by atoms with Crippen LogP contribution in [0.3, 0.4) is 0 Å². The number of amides is 1. The second-order valence-corrected chi connectivity index (χ2v) is 6.26. The maximum Gasteiger partial charge on any atom is 0.272 e. The monoisotopic (exact) mass is 303 g/mol. The smallest absolute Gasteiger partial charge is 0.272 e. The Morgan fingerprint density at radius 3 is 2.64 bits per heavy atom. The molecule has 0 N–H and O–H groups in total. The zero-order valence-electron chi connectivity index (χ0n) is 13.5. The summed E-state index contributed by atoms with van der Waals surface area (Å²) in [7, 11) is 0. The zero-order valence-corrected chi connectivity index (χ0v) is 13.5. The molecule has 1 fully saturated rings. The highest BCUT2D eigenvalue weighted by Crippen LogP contribution is 2.33. The van der Waals surface area contributed by atoms with Crippen molar-refractivity contribution >= 4 is 5.91 Å². The van der Waals surface area contributed by atoms with E-state index in [0.29, 0.717) is 37.3 Å². The quantitative estimate of drug-likeness (QED) is 0.619. The first-order valence-electron chi connectivity index (χ1n) is 8.25. The maximum absolute atomic E-state index is 12.9. The predicted molar refractivity (Wildman–Crippen MR) is 84.7 cm³/mol. The fraction of sp³-hybridized carbons (Fsp3) is 0.647. The first-order chi connectivity index (χ1) is 10.7. The molecule has 0 radical (unpaired) electrons. The van der Waals surface area contributed by atoms with E-state index in [1.54, 1.807) is 4.68 Å². The Morgan fingerprint density at radius 1 is 1.32 bits per heavy atom. The Balaban J connectivity index is 1.70. The van der Waals surface area contributed by atoms with E-state index in [1.165, 1.54) is 0 Å². The third-order valence-electron chi connectivity index (χ3n) is 4.68. The van der Waals surface area contributed by atoms with Crippen LogP contribution in [0.1, 0.15) is 35.9 Å². The molecule has 0 spiro atoms. The summed E-state index contributed by atoms with van der Waals surface area (Å²) < 4.78 is 7.19. The van der Waals surface area contributed by atoms with Gasteiger partial charge >= 0.3 is 0 Å². The molecule has 0 aromatic carbocycles. The fourth-order valence-electron chi connectivity index (χ4n) is 3.53. The largest absolute Gasteiger partial charge is 0.380 e. The van der Waals surface area contributed by atoms with Gasteiger partial charge in [0.2, 0.25) is 0 Å². The molecular weight excluding hydrogens is 278 g/mol. The Morgan fingerprint density at radius 2 is 2.00 bits per heavy atom. The third-order valence-corrected chi connectivity index (χ3v) is 4.68. The van der Waals surface area contributed by atoms with Gasteiger partial charge in [0.15, 0.2) is 0 Å². The predicted octanol–water partition coefficient (Wildman–Crippen LogP) is 2.27. The van der Waals surface area contributed by atoms with E-state index >= 15 is 0 Å². The van der Waals surface area contributed by atoms with E-state index in [0.717, 1.165) is 31.6 Å². The highest BCUT2D eigenvalue weighted by molar-refractivity contribution is 5.93. The van der Waals surface area contributed by atoms with Crippen LogP contribution in [0.4, 0.5) is 0 Å². The molecule has 1 aromatic heterocycles. The summed E-state index contributed by atoms with van der Waals surface area (Å²) >= 11 is 0. The lowest BCUT2D eigenvalue weighted by Gasteiger charge is -2.17. The normalized spacial score (nSPS) is 23.8. The van der Waals surface area contributed by atoms with Crippen LogP contribution in [0.5, 0.6) is 0 Å². The maximum atomic E-state index is 12.9. The van der Waals surface area contributed by atoms with Crippen molar-refractivity contribution in [3.63, 3.8) is 0 Å². The third kappa shape index (κ3) is 3.09. The minimum absolute atomic E-state index is 0.117. The van der Waals surface area contributed by atoms with Crippen LogP contribution in [-0.4, -0.2) is 46.9 Å². The van der Waals surface area contributed by atoms with Crippen LogP contribution in [0, 0.1) is 18.8 Å². The second kappa shape index (κ2) is 6.65. The number of carbonyl (C=O) groups is 1. The number of allylic oxidation sites excluding steroid dienone is 2. The summed E-state index contributed by atoms with van der Waals surface area (Å²) in [6.45, 7) is 7.57. The van der Waals surface area contributed by atoms with Gasteiger partial charge in [-0.05, 0) is 44.6 Å². The summed E-state index contributed by atoms with van der Waals surface area (Å²) in [6.07, 6.45) is 6.73. The van der Waals surface area contributed by atoms with E-state index in [1.807, 2.05) is 24.8 Å². The molecule has 5 nitrogen and oxygen atoms in total. The van der Waals surface area contributed by atoms with Crippen molar-refractivity contribution in [3.05, 3.63) is 29.6 Å². The number of fused-ring (bicyclic) bond motifs is 1. The van der Waals surface area contributed by atoms with Crippen molar-refractivity contribution in [2.45, 2.75) is 33.2 Å². The van der Waals surface area contributed by atoms with Gasteiger partial charge in [-0.1, -0.05) is 12.2 Å². The SMILES string of the molecule is CCOCCn1nc(C)cc1C(=O)N1C[C@H]2CC=CC[C@H]2C1. The number of aryl methyl sites for hydroxylation is 1. The summed E-state index contributed by atoms with van der Waals surface area (Å²) in [4.78, 5) is 14.9. The summed E-state index contributed by atoms with van der Waals surface area (Å²) in [5, 5.41) is 4.44. The Labute approximate surface area is 131 Å². The lowest BCUT2D eigenvalue weighted by molar-refractivity contribution is 0.0766. The molecule has 1 amide bonds. The van der Waals surface area contributed by atoms with Crippen LogP contribution in [0.25, 0.3) is 0 Å². The lowest BCUT2D eigenvalue weighted by Crippen LogP contribution is -2.31. The summed E-state index contributed by atoms with van der Waals surface area (Å²) in [6, 6.07) is 1.90. The van der Waals surface area contributed by atoms with E-state index in [9.17, 15) is 4.79 Å². The number of likely N-dealkylation sites (tertiary alicyclic amines) is 1. The molecule has 0 unspecified atom stereocenters. The summed E-state index contributed by atoms with van der Waals surface area (Å²) in [5.41, 5.74) is 1.59. The number of aromatic nitrogens is 2. The number of hydrogen-bond donors (Lipinski definition) is 0. The van der Waals surface area contributed by atoms with Crippen molar-refractivity contribution in [1.82, 2.24) is 14.7 Å². The average molecular weight is 303 g/mol. The Hall–Kier alpha value is -1.62. The van der Waals surface area contributed by atoms with Crippen LogP contribution in [0.15, 0.2) is 18.2 Å². The number of hydrogen-bond acceptors (Lipinski definition) is 3. The minimum atomic E-state index is 0.117. The van der Waals surface area contributed by atoms with Gasteiger partial charge in [-0.3, -0.25) is 9.48 Å². The van der Waals surface area contributed by atoms with Crippen molar-refractivity contribution in [2.75, 3.05) is 26.3 Å². The summed E-state index contributed by atoms with van der Waals surface area (Å²) in [5.74, 6) is 1.39. The van der Waals surface area contributed by atoms with Crippen molar-refractivity contribution in [2.24, 2.45) is 11.8 Å². The van der Waals surface area contributed by atoms with Crippen molar-refractivity contribution < 1.29 is 9.53 Å². The second-order valence-electron chi connectivity index (χ2n) is 6.26. The molecule has 1 saturated heterocycles. The molecule has 0 saturated carbocycles. The molecule has 1 aromatic rings. The van der Waals surface area contributed by atoms with Gasteiger partial charge in [0, 0.05) is 19.7 Å². The molecule has 2 aliphatic rings. The van der Waals surface area contributed by atoms with Gasteiger partial charge in [-0.15, -0.1) is 0 Å². The Bertz CT molecular complexity index is 548. The molecule has 22 heavy (non-hydrogen) atoms. The van der Waals surface area contributed by atoms with E-state index < -0.39 is 0 Å². The standard InChI is InChI=1S/C17H25N3O2/c1-3-22-9-8-20-16(10-13(2)18-20)17(21)19-11-14-6-4-5-7-15(14)12-19/h4-5,10,14-15H,3,6-9,11-12H2,1-2H3/t14-,15+. The zero-order chi connectivity index (χ0) is 15.5. The van der Waals surface area contributed by atoms with Gasteiger partial charge in [-0.25, -0.2) is 0 Å². The molecule has 5 heteroatoms. The van der Waals surface area contributed by atoms with Crippen molar-refractivity contribution in [1.29, 1.82) is 0 Å². The van der Waals surface area contributed by atoms with E-state index in [-0.39, 0.29) is 5.91 Å². The van der Waals surface area contributed by atoms with Crippen LogP contribution >= 0.6 is 0 Å². The van der Waals surface area contributed by atoms with Gasteiger partial charge < -0.3 is 9.64 Å². The van der Waals surface area contributed by atoms with E-state index in [2.05, 4.69) is 17.3 Å².